The summed E-state index contributed by atoms with van der Waals surface area (Å²) in [6.45, 7) is 3.83. The predicted molar refractivity (Wildman–Crippen MR) is 164 cm³/mol. The number of hydrogen-bond donors (Lipinski definition) is 1. The highest BCUT2D eigenvalue weighted by molar-refractivity contribution is 6.42. The van der Waals surface area contributed by atoms with Crippen LogP contribution in [0.4, 0.5) is 5.69 Å². The molecule has 41 heavy (non-hydrogen) atoms. The van der Waals surface area contributed by atoms with Gasteiger partial charge in [-0.05, 0) is 54.1 Å². The van der Waals surface area contributed by atoms with Crippen molar-refractivity contribution in [2.24, 2.45) is 0 Å². The summed E-state index contributed by atoms with van der Waals surface area (Å²) in [4.78, 5) is 44.6. The second-order valence-electron chi connectivity index (χ2n) is 10.4. The van der Waals surface area contributed by atoms with Gasteiger partial charge in [-0.15, -0.1) is 0 Å². The minimum absolute atomic E-state index is 0.0741. The van der Waals surface area contributed by atoms with E-state index in [0.717, 1.165) is 28.3 Å². The first-order valence-electron chi connectivity index (χ1n) is 13.7. The summed E-state index contributed by atoms with van der Waals surface area (Å²) in [5.41, 5.74) is 2.89. The third-order valence-electron chi connectivity index (χ3n) is 7.55. The smallest absolute Gasteiger partial charge is 0.259 e. The quantitative estimate of drug-likeness (QED) is 0.225. The third-order valence-corrected chi connectivity index (χ3v) is 8.29. The zero-order chi connectivity index (χ0) is 29.1. The zero-order valence-corrected chi connectivity index (χ0v) is 24.5. The maximum atomic E-state index is 14.3. The van der Waals surface area contributed by atoms with Gasteiger partial charge in [0.25, 0.3) is 5.91 Å². The van der Waals surface area contributed by atoms with E-state index in [-0.39, 0.29) is 36.9 Å². The van der Waals surface area contributed by atoms with Crippen LogP contribution in [0, 0.1) is 0 Å². The maximum absolute atomic E-state index is 14.3. The lowest BCUT2D eigenvalue weighted by Crippen LogP contribution is -2.54. The van der Waals surface area contributed by atoms with Crippen LogP contribution < -0.4 is 10.2 Å². The molecule has 2 atom stereocenters. The van der Waals surface area contributed by atoms with Crippen LogP contribution in [0.15, 0.2) is 84.9 Å². The molecule has 0 radical (unpaired) electrons. The van der Waals surface area contributed by atoms with Crippen molar-refractivity contribution in [3.63, 3.8) is 0 Å². The van der Waals surface area contributed by atoms with Crippen molar-refractivity contribution in [1.82, 2.24) is 10.2 Å². The largest absolute Gasteiger partial charge is 0.352 e. The van der Waals surface area contributed by atoms with Crippen molar-refractivity contribution in [2.75, 3.05) is 11.4 Å². The molecule has 1 heterocycles. The first kappa shape index (κ1) is 28.7. The van der Waals surface area contributed by atoms with E-state index in [1.54, 1.807) is 29.2 Å². The molecule has 0 saturated heterocycles. The summed E-state index contributed by atoms with van der Waals surface area (Å²) in [7, 11) is 0. The molecule has 1 aliphatic heterocycles. The van der Waals surface area contributed by atoms with E-state index >= 15 is 0 Å². The molecule has 4 aromatic rings. The van der Waals surface area contributed by atoms with Crippen molar-refractivity contribution >= 4 is 57.4 Å². The van der Waals surface area contributed by atoms with Gasteiger partial charge < -0.3 is 10.2 Å². The van der Waals surface area contributed by atoms with Crippen LogP contribution in [0.25, 0.3) is 10.8 Å². The van der Waals surface area contributed by atoms with Gasteiger partial charge in [0.15, 0.2) is 0 Å². The molecule has 0 spiro atoms. The van der Waals surface area contributed by atoms with E-state index in [9.17, 15) is 14.4 Å². The zero-order valence-electron chi connectivity index (χ0n) is 22.9. The number of carbonyl (C=O) groups excluding carboxylic acids is 3. The van der Waals surface area contributed by atoms with Crippen molar-refractivity contribution in [3.8, 4) is 0 Å². The average Bonchev–Trinajstić information content (AvgIpc) is 3.25. The van der Waals surface area contributed by atoms with Gasteiger partial charge in [0, 0.05) is 30.0 Å². The van der Waals surface area contributed by atoms with E-state index in [1.165, 1.54) is 4.90 Å². The number of benzene rings is 4. The van der Waals surface area contributed by atoms with Gasteiger partial charge in [-0.2, -0.15) is 0 Å². The molecule has 1 aliphatic rings. The van der Waals surface area contributed by atoms with Crippen molar-refractivity contribution in [3.05, 3.63) is 112 Å². The fourth-order valence-electron chi connectivity index (χ4n) is 5.19. The minimum Gasteiger partial charge on any atom is -0.352 e. The lowest BCUT2D eigenvalue weighted by molar-refractivity contribution is -0.140. The molecule has 8 heteroatoms. The molecule has 0 saturated carbocycles. The van der Waals surface area contributed by atoms with Gasteiger partial charge in [-0.3, -0.25) is 19.3 Å². The first-order chi connectivity index (χ1) is 19.8. The Kier molecular flexibility index (Phi) is 8.62. The molecule has 210 valence electrons. The molecule has 0 fully saturated rings. The number of nitrogens with zero attached hydrogens (tertiary/aromatic N) is 2. The molecular weight excluding hydrogens is 557 g/mol. The van der Waals surface area contributed by atoms with Gasteiger partial charge in [-0.25, -0.2) is 0 Å². The summed E-state index contributed by atoms with van der Waals surface area (Å²) in [6.07, 6.45) is 1.05. The summed E-state index contributed by atoms with van der Waals surface area (Å²) in [5.74, 6) is -0.840. The molecule has 0 aromatic heterocycles. The van der Waals surface area contributed by atoms with E-state index < -0.39 is 6.04 Å². The normalized spacial score (nSPS) is 13.8. The number of hydrogen-bond acceptors (Lipinski definition) is 3. The van der Waals surface area contributed by atoms with Crippen LogP contribution in [0.3, 0.4) is 0 Å². The van der Waals surface area contributed by atoms with Crippen LogP contribution in [0.1, 0.15) is 41.8 Å². The van der Waals surface area contributed by atoms with Crippen molar-refractivity contribution in [1.29, 1.82) is 0 Å². The Morgan fingerprint density at radius 1 is 0.902 bits per heavy atom. The standard InChI is InChI=1S/C33H31Cl2N3O3/c1-3-21(2)36-32(40)29(18-22-9-5-4-6-10-22)37(19-23-15-16-26(34)27(35)17-23)30(39)20-38-28-14-8-12-24-11-7-13-25(31(24)28)33(38)41/h4-17,21,29H,3,18-20H2,1-2H3,(H,36,40). The monoisotopic (exact) mass is 587 g/mol. The number of halogens is 2. The fourth-order valence-corrected chi connectivity index (χ4v) is 5.51. The highest BCUT2D eigenvalue weighted by Crippen LogP contribution is 2.37. The highest BCUT2D eigenvalue weighted by atomic mass is 35.5. The van der Waals surface area contributed by atoms with E-state index in [0.29, 0.717) is 27.7 Å². The Morgan fingerprint density at radius 2 is 1.63 bits per heavy atom. The van der Waals surface area contributed by atoms with Gasteiger partial charge >= 0.3 is 0 Å². The average molecular weight is 589 g/mol. The highest BCUT2D eigenvalue weighted by Gasteiger charge is 2.36. The van der Waals surface area contributed by atoms with E-state index in [4.69, 9.17) is 23.2 Å². The Hall–Kier alpha value is -3.87. The second kappa shape index (κ2) is 12.3. The summed E-state index contributed by atoms with van der Waals surface area (Å²) < 4.78 is 0. The number of rotatable bonds is 10. The summed E-state index contributed by atoms with van der Waals surface area (Å²) >= 11 is 12.5. The molecule has 5 rings (SSSR count). The Labute approximate surface area is 249 Å². The maximum Gasteiger partial charge on any atom is 0.259 e. The minimum atomic E-state index is -0.829. The fraction of sp³-hybridized carbons (Fsp3) is 0.242. The Balaban J connectivity index is 1.52. The van der Waals surface area contributed by atoms with Gasteiger partial charge in [-0.1, -0.05) is 90.8 Å². The molecule has 4 aromatic carbocycles. The van der Waals surface area contributed by atoms with Crippen LogP contribution >= 0.6 is 23.2 Å². The topological polar surface area (TPSA) is 69.7 Å². The Bertz CT molecular complexity index is 1600. The SMILES string of the molecule is CCC(C)NC(=O)C(Cc1ccccc1)N(Cc1ccc(Cl)c(Cl)c1)C(=O)CN1C(=O)c2cccc3cccc1c23. The lowest BCUT2D eigenvalue weighted by Gasteiger charge is -2.33. The molecular formula is C33H31Cl2N3O3. The molecule has 0 bridgehead atoms. The number of amides is 3. The van der Waals surface area contributed by atoms with Crippen molar-refractivity contribution in [2.45, 2.75) is 45.3 Å². The lowest BCUT2D eigenvalue weighted by atomic mass is 10.0. The second-order valence-corrected chi connectivity index (χ2v) is 11.2. The van der Waals surface area contributed by atoms with Crippen LogP contribution in [0.5, 0.6) is 0 Å². The molecule has 6 nitrogen and oxygen atoms in total. The Morgan fingerprint density at radius 3 is 2.34 bits per heavy atom. The summed E-state index contributed by atoms with van der Waals surface area (Å²) in [5, 5.41) is 5.59. The third kappa shape index (κ3) is 6.09. The van der Waals surface area contributed by atoms with Crippen molar-refractivity contribution < 1.29 is 14.4 Å². The number of anilines is 1. The van der Waals surface area contributed by atoms with Crippen LogP contribution in [-0.4, -0.2) is 41.2 Å². The van der Waals surface area contributed by atoms with E-state index in [1.807, 2.05) is 74.5 Å². The molecule has 2 unspecified atom stereocenters. The molecule has 3 amide bonds. The van der Waals surface area contributed by atoms with Gasteiger partial charge in [0.1, 0.15) is 12.6 Å². The number of carbonyl (C=O) groups is 3. The van der Waals surface area contributed by atoms with Gasteiger partial charge in [0.05, 0.1) is 15.7 Å². The summed E-state index contributed by atoms with van der Waals surface area (Å²) in [6, 6.07) is 25.1. The van der Waals surface area contributed by atoms with Crippen LogP contribution in [0.2, 0.25) is 10.0 Å². The first-order valence-corrected chi connectivity index (χ1v) is 14.4. The van der Waals surface area contributed by atoms with Crippen LogP contribution in [-0.2, 0) is 22.6 Å². The molecule has 1 N–H and O–H groups in total. The molecule has 0 aliphatic carbocycles. The number of nitrogens with one attached hydrogen (secondary N) is 1. The van der Waals surface area contributed by atoms with Gasteiger partial charge in [0.2, 0.25) is 11.8 Å². The van der Waals surface area contributed by atoms with E-state index in [2.05, 4.69) is 5.32 Å². The predicted octanol–water partition coefficient (Wildman–Crippen LogP) is 6.66.